The molecule has 122 valence electrons. The molecule has 7 heteroatoms. The van der Waals surface area contributed by atoms with Gasteiger partial charge < -0.3 is 15.0 Å². The lowest BCUT2D eigenvalue weighted by atomic mass is 9.84. The topological polar surface area (TPSA) is 71.5 Å². The molecule has 1 N–H and O–H groups in total. The van der Waals surface area contributed by atoms with Crippen LogP contribution in [0.5, 0.6) is 0 Å². The van der Waals surface area contributed by atoms with E-state index in [2.05, 4.69) is 10.3 Å². The van der Waals surface area contributed by atoms with E-state index in [1.54, 1.807) is 16.5 Å². The summed E-state index contributed by atoms with van der Waals surface area (Å²) in [6.45, 7) is 3.86. The molecule has 6 nitrogen and oxygen atoms in total. The van der Waals surface area contributed by atoms with E-state index in [4.69, 9.17) is 4.74 Å². The van der Waals surface area contributed by atoms with Crippen LogP contribution in [0.15, 0.2) is 11.6 Å². The van der Waals surface area contributed by atoms with Crippen molar-refractivity contribution in [3.8, 4) is 0 Å². The standard InChI is InChI=1S/C15H23N3O3S/c1-2-21-9-4-8-18(14(20)12-5-3-6-12)11-13(19)17-15-16-7-10-22-15/h7,10,12H,2-6,8-9,11H2,1H3,(H,16,17,19). The molecule has 1 aromatic heterocycles. The number of nitrogens with zero attached hydrogens (tertiary/aromatic N) is 2. The molecular formula is C15H23N3O3S. The number of amides is 2. The van der Waals surface area contributed by atoms with E-state index in [1.165, 1.54) is 11.3 Å². The Morgan fingerprint density at radius 1 is 1.50 bits per heavy atom. The molecule has 0 unspecified atom stereocenters. The third-order valence-corrected chi connectivity index (χ3v) is 4.39. The molecule has 0 radical (unpaired) electrons. The molecule has 0 atom stereocenters. The summed E-state index contributed by atoms with van der Waals surface area (Å²) in [5.41, 5.74) is 0. The van der Waals surface area contributed by atoms with Gasteiger partial charge in [-0.2, -0.15) is 0 Å². The average molecular weight is 325 g/mol. The molecule has 1 aliphatic rings. The summed E-state index contributed by atoms with van der Waals surface area (Å²) < 4.78 is 5.31. The van der Waals surface area contributed by atoms with E-state index < -0.39 is 0 Å². The van der Waals surface area contributed by atoms with Gasteiger partial charge in [-0.25, -0.2) is 4.98 Å². The van der Waals surface area contributed by atoms with Gasteiger partial charge in [0.25, 0.3) is 0 Å². The number of carbonyl (C=O) groups is 2. The fourth-order valence-corrected chi connectivity index (χ4v) is 2.84. The summed E-state index contributed by atoms with van der Waals surface area (Å²) in [7, 11) is 0. The van der Waals surface area contributed by atoms with Crippen molar-refractivity contribution in [2.75, 3.05) is 31.6 Å². The molecule has 22 heavy (non-hydrogen) atoms. The minimum atomic E-state index is -0.195. The average Bonchev–Trinajstić information content (AvgIpc) is 2.93. The van der Waals surface area contributed by atoms with E-state index in [-0.39, 0.29) is 24.3 Å². The number of hydrogen-bond acceptors (Lipinski definition) is 5. The first-order valence-corrected chi connectivity index (χ1v) is 8.64. The molecule has 0 saturated heterocycles. The van der Waals surface area contributed by atoms with Crippen molar-refractivity contribution < 1.29 is 14.3 Å². The Bertz CT molecular complexity index is 474. The Balaban J connectivity index is 1.84. The second kappa shape index (κ2) is 8.85. The molecule has 1 aromatic rings. The number of ether oxygens (including phenoxy) is 1. The summed E-state index contributed by atoms with van der Waals surface area (Å²) in [6.07, 6.45) is 5.37. The van der Waals surface area contributed by atoms with Crippen LogP contribution in [-0.2, 0) is 14.3 Å². The number of thiazole rings is 1. The van der Waals surface area contributed by atoms with Crippen molar-refractivity contribution in [1.82, 2.24) is 9.88 Å². The predicted molar refractivity (Wildman–Crippen MR) is 85.8 cm³/mol. The first-order valence-electron chi connectivity index (χ1n) is 7.76. The van der Waals surface area contributed by atoms with E-state index >= 15 is 0 Å². The summed E-state index contributed by atoms with van der Waals surface area (Å²) in [6, 6.07) is 0. The van der Waals surface area contributed by atoms with Gasteiger partial charge in [0, 0.05) is 37.3 Å². The number of nitrogens with one attached hydrogen (secondary N) is 1. The van der Waals surface area contributed by atoms with Gasteiger partial charge >= 0.3 is 0 Å². The second-order valence-electron chi connectivity index (χ2n) is 5.32. The fraction of sp³-hybridized carbons (Fsp3) is 0.667. The van der Waals surface area contributed by atoms with Crippen LogP contribution in [0.4, 0.5) is 5.13 Å². The maximum atomic E-state index is 12.4. The molecule has 0 aliphatic heterocycles. The van der Waals surface area contributed by atoms with Crippen molar-refractivity contribution in [2.45, 2.75) is 32.6 Å². The highest BCUT2D eigenvalue weighted by Crippen LogP contribution is 2.28. The monoisotopic (exact) mass is 325 g/mol. The van der Waals surface area contributed by atoms with Crippen LogP contribution in [0.1, 0.15) is 32.6 Å². The van der Waals surface area contributed by atoms with Crippen molar-refractivity contribution in [2.24, 2.45) is 5.92 Å². The molecule has 0 aromatic carbocycles. The zero-order chi connectivity index (χ0) is 15.8. The molecule has 1 fully saturated rings. The zero-order valence-corrected chi connectivity index (χ0v) is 13.7. The van der Waals surface area contributed by atoms with E-state index in [0.29, 0.717) is 24.9 Å². The highest BCUT2D eigenvalue weighted by atomic mass is 32.1. The van der Waals surface area contributed by atoms with Gasteiger partial charge in [-0.1, -0.05) is 6.42 Å². The molecule has 1 aliphatic carbocycles. The van der Waals surface area contributed by atoms with Crippen LogP contribution in [0.25, 0.3) is 0 Å². The van der Waals surface area contributed by atoms with Gasteiger partial charge in [0.15, 0.2) is 5.13 Å². The number of anilines is 1. The van der Waals surface area contributed by atoms with Gasteiger partial charge in [-0.15, -0.1) is 11.3 Å². The molecular weight excluding hydrogens is 302 g/mol. The third kappa shape index (κ3) is 5.06. The fourth-order valence-electron chi connectivity index (χ4n) is 2.30. The summed E-state index contributed by atoms with van der Waals surface area (Å²) in [5, 5.41) is 5.09. The Morgan fingerprint density at radius 2 is 2.32 bits per heavy atom. The maximum absolute atomic E-state index is 12.4. The minimum absolute atomic E-state index is 0.0844. The first kappa shape index (κ1) is 16.9. The van der Waals surface area contributed by atoms with Crippen LogP contribution in [-0.4, -0.2) is 48.0 Å². The van der Waals surface area contributed by atoms with Crippen LogP contribution in [0.3, 0.4) is 0 Å². The molecule has 1 heterocycles. The number of rotatable bonds is 9. The van der Waals surface area contributed by atoms with Gasteiger partial charge in [0.1, 0.15) is 0 Å². The van der Waals surface area contributed by atoms with Crippen molar-refractivity contribution >= 4 is 28.3 Å². The number of carbonyl (C=O) groups excluding carboxylic acids is 2. The summed E-state index contributed by atoms with van der Waals surface area (Å²) in [5.74, 6) is -0.00386. The highest BCUT2D eigenvalue weighted by molar-refractivity contribution is 7.13. The summed E-state index contributed by atoms with van der Waals surface area (Å²) >= 11 is 1.37. The van der Waals surface area contributed by atoms with Crippen molar-refractivity contribution in [3.05, 3.63) is 11.6 Å². The lowest BCUT2D eigenvalue weighted by Crippen LogP contribution is -2.43. The van der Waals surface area contributed by atoms with Crippen molar-refractivity contribution in [1.29, 1.82) is 0 Å². The van der Waals surface area contributed by atoms with Crippen LogP contribution in [0, 0.1) is 5.92 Å². The second-order valence-corrected chi connectivity index (χ2v) is 6.22. The third-order valence-electron chi connectivity index (χ3n) is 3.70. The quantitative estimate of drug-likeness (QED) is 0.706. The van der Waals surface area contributed by atoms with E-state index in [1.807, 2.05) is 6.92 Å². The van der Waals surface area contributed by atoms with E-state index in [0.717, 1.165) is 25.7 Å². The normalized spacial score (nSPS) is 14.4. The Kier molecular flexibility index (Phi) is 6.79. The SMILES string of the molecule is CCOCCCN(CC(=O)Nc1nccs1)C(=O)C1CCC1. The number of hydrogen-bond donors (Lipinski definition) is 1. The Labute approximate surface area is 134 Å². The van der Waals surface area contributed by atoms with Gasteiger partial charge in [-0.3, -0.25) is 9.59 Å². The highest BCUT2D eigenvalue weighted by Gasteiger charge is 2.30. The zero-order valence-electron chi connectivity index (χ0n) is 12.9. The first-order chi connectivity index (χ1) is 10.7. The Morgan fingerprint density at radius 3 is 2.91 bits per heavy atom. The van der Waals surface area contributed by atoms with Crippen LogP contribution < -0.4 is 5.32 Å². The maximum Gasteiger partial charge on any atom is 0.245 e. The lowest BCUT2D eigenvalue weighted by Gasteiger charge is -2.31. The molecule has 1 saturated carbocycles. The van der Waals surface area contributed by atoms with E-state index in [9.17, 15) is 9.59 Å². The Hall–Kier alpha value is -1.47. The van der Waals surface area contributed by atoms with Crippen LogP contribution in [0.2, 0.25) is 0 Å². The predicted octanol–water partition coefficient (Wildman–Crippen LogP) is 2.14. The molecule has 2 rings (SSSR count). The van der Waals surface area contributed by atoms with Crippen LogP contribution >= 0.6 is 11.3 Å². The van der Waals surface area contributed by atoms with Gasteiger partial charge in [0.2, 0.25) is 11.8 Å². The molecule has 0 bridgehead atoms. The van der Waals surface area contributed by atoms with Gasteiger partial charge in [0.05, 0.1) is 6.54 Å². The molecule has 2 amide bonds. The lowest BCUT2D eigenvalue weighted by molar-refractivity contribution is -0.140. The smallest absolute Gasteiger partial charge is 0.245 e. The molecule has 0 spiro atoms. The minimum Gasteiger partial charge on any atom is -0.382 e. The number of aromatic nitrogens is 1. The largest absolute Gasteiger partial charge is 0.382 e. The van der Waals surface area contributed by atoms with Gasteiger partial charge in [-0.05, 0) is 26.2 Å². The summed E-state index contributed by atoms with van der Waals surface area (Å²) in [4.78, 5) is 30.2. The van der Waals surface area contributed by atoms with Crippen molar-refractivity contribution in [3.63, 3.8) is 0 Å².